The van der Waals surface area contributed by atoms with Crippen LogP contribution in [0.25, 0.3) is 21.9 Å². The Balaban J connectivity index is 0.000000574. The maximum Gasteiger partial charge on any atom is 0.145 e. The van der Waals surface area contributed by atoms with Gasteiger partial charge in [0.2, 0.25) is 0 Å². The molecule has 0 unspecified atom stereocenters. The number of nitrogens with one attached hydrogen (secondary N) is 1. The van der Waals surface area contributed by atoms with E-state index in [1.807, 2.05) is 13.8 Å². The number of H-pyrrole nitrogens is 1. The van der Waals surface area contributed by atoms with Gasteiger partial charge in [-0.05, 0) is 18.6 Å². The van der Waals surface area contributed by atoms with Crippen LogP contribution in [0.15, 0.2) is 18.5 Å². The third kappa shape index (κ3) is 1.93. The van der Waals surface area contributed by atoms with E-state index in [1.165, 1.54) is 6.20 Å². The largest absolute Gasteiger partial charge is 0.338 e. The molecule has 0 radical (unpaired) electrons. The van der Waals surface area contributed by atoms with Gasteiger partial charge in [0.15, 0.2) is 0 Å². The average molecular weight is 266 g/mol. The Bertz CT molecular complexity index is 706. The maximum absolute atomic E-state index is 13.4. The lowest BCUT2D eigenvalue weighted by Crippen LogP contribution is -1.86. The molecule has 3 aromatic heterocycles. The quantitative estimate of drug-likeness (QED) is 0.618. The molecule has 0 fully saturated rings. The first-order valence-electron chi connectivity index (χ1n) is 5.75. The third-order valence-electron chi connectivity index (χ3n) is 2.67. The van der Waals surface area contributed by atoms with Gasteiger partial charge >= 0.3 is 0 Å². The van der Waals surface area contributed by atoms with E-state index in [0.717, 1.165) is 16.3 Å². The normalized spacial score (nSPS) is 10.5. The molecule has 94 valence electrons. The van der Waals surface area contributed by atoms with Crippen molar-refractivity contribution in [3.8, 4) is 0 Å². The van der Waals surface area contributed by atoms with Crippen molar-refractivity contribution in [3.63, 3.8) is 0 Å². The van der Waals surface area contributed by atoms with Crippen molar-refractivity contribution in [2.45, 2.75) is 20.8 Å². The summed E-state index contributed by atoms with van der Waals surface area (Å²) in [5.41, 5.74) is 2.03. The molecule has 0 aliphatic carbocycles. The molecule has 0 bridgehead atoms. The van der Waals surface area contributed by atoms with Crippen LogP contribution in [-0.2, 0) is 0 Å². The van der Waals surface area contributed by atoms with Gasteiger partial charge in [0.05, 0.1) is 17.9 Å². The number of hydrogen-bond donors (Lipinski definition) is 1. The molecular weight excluding hydrogens is 253 g/mol. The maximum atomic E-state index is 13.4. The van der Waals surface area contributed by atoms with Crippen LogP contribution in [0.1, 0.15) is 19.4 Å². The van der Waals surface area contributed by atoms with Gasteiger partial charge in [-0.15, -0.1) is 0 Å². The Morgan fingerprint density at radius 2 is 1.94 bits per heavy atom. The Morgan fingerprint density at radius 3 is 2.67 bits per heavy atom. The summed E-state index contributed by atoms with van der Waals surface area (Å²) in [6.45, 7) is 5.72. The van der Waals surface area contributed by atoms with E-state index in [0.29, 0.717) is 16.4 Å². The molecule has 3 nitrogen and oxygen atoms in total. The zero-order valence-electron chi connectivity index (χ0n) is 10.4. The number of fused-ring (bicyclic) bond motifs is 3. The number of halogens is 2. The van der Waals surface area contributed by atoms with Crippen molar-refractivity contribution >= 4 is 33.5 Å². The van der Waals surface area contributed by atoms with Gasteiger partial charge in [0, 0.05) is 10.8 Å². The minimum Gasteiger partial charge on any atom is -0.338 e. The number of nitrogens with zero attached hydrogens (tertiary/aromatic N) is 2. The van der Waals surface area contributed by atoms with Crippen molar-refractivity contribution in [2.75, 3.05) is 0 Å². The number of pyridine rings is 2. The molecule has 0 saturated carbocycles. The molecule has 0 aliphatic heterocycles. The Hall–Kier alpha value is -1.68. The summed E-state index contributed by atoms with van der Waals surface area (Å²) in [7, 11) is 0. The van der Waals surface area contributed by atoms with E-state index in [9.17, 15) is 4.39 Å². The highest BCUT2D eigenvalue weighted by atomic mass is 35.5. The summed E-state index contributed by atoms with van der Waals surface area (Å²) < 4.78 is 13.4. The highest BCUT2D eigenvalue weighted by molar-refractivity contribution is 6.30. The molecular formula is C13H13ClFN3. The lowest BCUT2D eigenvalue weighted by Gasteiger charge is -1.97. The summed E-state index contributed by atoms with van der Waals surface area (Å²) in [4.78, 5) is 11.0. The monoisotopic (exact) mass is 265 g/mol. The smallest absolute Gasteiger partial charge is 0.145 e. The van der Waals surface area contributed by atoms with Gasteiger partial charge in [-0.3, -0.25) is 0 Å². The van der Waals surface area contributed by atoms with Crippen LogP contribution in [0.2, 0.25) is 5.15 Å². The van der Waals surface area contributed by atoms with Gasteiger partial charge < -0.3 is 4.98 Å². The van der Waals surface area contributed by atoms with E-state index in [2.05, 4.69) is 15.0 Å². The van der Waals surface area contributed by atoms with Crippen molar-refractivity contribution in [1.82, 2.24) is 15.0 Å². The van der Waals surface area contributed by atoms with E-state index in [1.54, 1.807) is 19.2 Å². The molecule has 0 atom stereocenters. The second kappa shape index (κ2) is 4.90. The van der Waals surface area contributed by atoms with Crippen LogP contribution < -0.4 is 0 Å². The topological polar surface area (TPSA) is 41.6 Å². The van der Waals surface area contributed by atoms with Crippen molar-refractivity contribution in [2.24, 2.45) is 0 Å². The van der Waals surface area contributed by atoms with Crippen LogP contribution in [0, 0.1) is 12.7 Å². The first-order chi connectivity index (χ1) is 8.66. The number of aromatic nitrogens is 3. The fourth-order valence-electron chi connectivity index (χ4n) is 1.87. The van der Waals surface area contributed by atoms with E-state index >= 15 is 0 Å². The molecule has 1 N–H and O–H groups in total. The van der Waals surface area contributed by atoms with Gasteiger partial charge in [0.25, 0.3) is 0 Å². The van der Waals surface area contributed by atoms with Gasteiger partial charge in [0.1, 0.15) is 16.6 Å². The van der Waals surface area contributed by atoms with Crippen LogP contribution in [0.4, 0.5) is 4.39 Å². The SMILES string of the molecule is CC.Cc1c(F)cnc2[nH]c3cnc(Cl)cc3c12. The lowest BCUT2D eigenvalue weighted by atomic mass is 10.1. The standard InChI is InChI=1S/C11H7ClFN3.C2H6/c1-5-7(13)3-15-11-10(5)6-2-9(12)14-4-8(6)16-11;1-2/h2-4H,1H3,(H,15,16);1-2H3. The summed E-state index contributed by atoms with van der Waals surface area (Å²) in [5.74, 6) is -0.318. The Kier molecular flexibility index (Phi) is 3.48. The number of hydrogen-bond acceptors (Lipinski definition) is 2. The molecule has 0 saturated heterocycles. The summed E-state index contributed by atoms with van der Waals surface area (Å²) in [6.07, 6.45) is 2.83. The fourth-order valence-corrected chi connectivity index (χ4v) is 2.03. The fraction of sp³-hybridized carbons (Fsp3) is 0.231. The predicted molar refractivity (Wildman–Crippen MR) is 72.4 cm³/mol. The van der Waals surface area contributed by atoms with Crippen LogP contribution in [-0.4, -0.2) is 15.0 Å². The summed E-state index contributed by atoms with van der Waals surface area (Å²) in [5, 5.41) is 2.00. The average Bonchev–Trinajstić information content (AvgIpc) is 2.75. The van der Waals surface area contributed by atoms with E-state index in [-0.39, 0.29) is 5.82 Å². The summed E-state index contributed by atoms with van der Waals surface area (Å²) >= 11 is 5.83. The van der Waals surface area contributed by atoms with Crippen LogP contribution >= 0.6 is 11.6 Å². The zero-order valence-corrected chi connectivity index (χ0v) is 11.1. The third-order valence-corrected chi connectivity index (χ3v) is 2.88. The van der Waals surface area contributed by atoms with Crippen molar-refractivity contribution in [3.05, 3.63) is 35.0 Å². The second-order valence-corrected chi connectivity index (χ2v) is 4.02. The molecule has 3 rings (SSSR count). The first-order valence-corrected chi connectivity index (χ1v) is 6.12. The van der Waals surface area contributed by atoms with Crippen LogP contribution in [0.5, 0.6) is 0 Å². The van der Waals surface area contributed by atoms with E-state index in [4.69, 9.17) is 11.6 Å². The molecule has 3 aromatic rings. The highest BCUT2D eigenvalue weighted by Crippen LogP contribution is 2.28. The molecule has 3 heterocycles. The molecule has 5 heteroatoms. The first kappa shape index (κ1) is 12.8. The lowest BCUT2D eigenvalue weighted by molar-refractivity contribution is 0.615. The minimum atomic E-state index is -0.318. The number of aryl methyl sites for hydroxylation is 1. The Morgan fingerprint density at radius 1 is 1.22 bits per heavy atom. The number of aromatic amines is 1. The van der Waals surface area contributed by atoms with Gasteiger partial charge in [-0.2, -0.15) is 0 Å². The molecule has 0 aromatic carbocycles. The number of rotatable bonds is 0. The van der Waals surface area contributed by atoms with Crippen molar-refractivity contribution < 1.29 is 4.39 Å². The van der Waals surface area contributed by atoms with Gasteiger partial charge in [-0.25, -0.2) is 14.4 Å². The van der Waals surface area contributed by atoms with Crippen molar-refractivity contribution in [1.29, 1.82) is 0 Å². The van der Waals surface area contributed by atoms with Crippen LogP contribution in [0.3, 0.4) is 0 Å². The molecule has 0 amide bonds. The second-order valence-electron chi connectivity index (χ2n) is 3.63. The summed E-state index contributed by atoms with van der Waals surface area (Å²) in [6, 6.07) is 1.71. The molecule has 0 spiro atoms. The zero-order chi connectivity index (χ0) is 13.3. The predicted octanol–water partition coefficient (Wildman–Crippen LogP) is 4.24. The molecule has 0 aliphatic rings. The van der Waals surface area contributed by atoms with Gasteiger partial charge in [-0.1, -0.05) is 25.4 Å². The molecule has 18 heavy (non-hydrogen) atoms. The minimum absolute atomic E-state index is 0.318. The Labute approximate surface area is 109 Å². The highest BCUT2D eigenvalue weighted by Gasteiger charge is 2.11. The van der Waals surface area contributed by atoms with E-state index < -0.39 is 0 Å².